The number of carboxylic acid groups (broad SMARTS) is 1. The molecular formula is C25H24N2O3. The maximum absolute atomic E-state index is 13.0. The van der Waals surface area contributed by atoms with Crippen molar-refractivity contribution in [3.8, 4) is 11.3 Å². The Kier molecular flexibility index (Phi) is 5.89. The summed E-state index contributed by atoms with van der Waals surface area (Å²) >= 11 is 0. The van der Waals surface area contributed by atoms with Gasteiger partial charge in [-0.05, 0) is 48.9 Å². The van der Waals surface area contributed by atoms with Crippen molar-refractivity contribution in [1.29, 1.82) is 0 Å². The molecule has 3 aromatic rings. The Morgan fingerprint density at radius 3 is 2.40 bits per heavy atom. The zero-order valence-corrected chi connectivity index (χ0v) is 16.7. The van der Waals surface area contributed by atoms with Gasteiger partial charge >= 0.3 is 5.97 Å². The second-order valence-corrected chi connectivity index (χ2v) is 7.61. The van der Waals surface area contributed by atoms with Crippen LogP contribution >= 0.6 is 0 Å². The number of rotatable bonds is 4. The number of hydrogen-bond acceptors (Lipinski definition) is 3. The largest absolute Gasteiger partial charge is 0.478 e. The standard InChI is InChI=1S/C25H24N2O3/c28-24(27-15-6-9-19(14-16-27)18-7-2-1-3-8-18)20-12-13-23(26-17-20)21-10-4-5-11-22(21)25(29)30/h1-5,7-8,10-13,17,19H,6,9,14-16H2,(H,29,30)/t19-/m0/s1. The molecule has 0 spiro atoms. The highest BCUT2D eigenvalue weighted by atomic mass is 16.4. The van der Waals surface area contributed by atoms with E-state index in [1.54, 1.807) is 42.6 Å². The second kappa shape index (κ2) is 8.91. The number of benzene rings is 2. The summed E-state index contributed by atoms with van der Waals surface area (Å²) in [7, 11) is 0. The third-order valence-electron chi connectivity index (χ3n) is 5.73. The molecule has 0 aliphatic carbocycles. The predicted molar refractivity (Wildman–Crippen MR) is 116 cm³/mol. The van der Waals surface area contributed by atoms with Crippen LogP contribution in [0.2, 0.25) is 0 Å². The fraction of sp³-hybridized carbons (Fsp3) is 0.240. The summed E-state index contributed by atoms with van der Waals surface area (Å²) in [5.74, 6) is -0.531. The molecule has 0 radical (unpaired) electrons. The number of pyridine rings is 1. The van der Waals surface area contributed by atoms with Gasteiger partial charge in [0.15, 0.2) is 0 Å². The van der Waals surface area contributed by atoms with E-state index in [9.17, 15) is 14.7 Å². The Labute approximate surface area is 176 Å². The first kappa shape index (κ1) is 19.8. The van der Waals surface area contributed by atoms with Gasteiger partial charge in [0.1, 0.15) is 0 Å². The number of aromatic nitrogens is 1. The van der Waals surface area contributed by atoms with Crippen LogP contribution in [0.25, 0.3) is 11.3 Å². The number of hydrogen-bond donors (Lipinski definition) is 1. The van der Waals surface area contributed by atoms with Gasteiger partial charge in [-0.15, -0.1) is 0 Å². The quantitative estimate of drug-likeness (QED) is 0.679. The third-order valence-corrected chi connectivity index (χ3v) is 5.73. The monoisotopic (exact) mass is 400 g/mol. The lowest BCUT2D eigenvalue weighted by Gasteiger charge is -2.21. The number of carbonyl (C=O) groups excluding carboxylic acids is 1. The normalized spacial score (nSPS) is 16.7. The van der Waals surface area contributed by atoms with Crippen LogP contribution in [0, 0.1) is 0 Å². The van der Waals surface area contributed by atoms with Crippen LogP contribution in [0.5, 0.6) is 0 Å². The van der Waals surface area contributed by atoms with Crippen LogP contribution in [0.1, 0.15) is 51.5 Å². The van der Waals surface area contributed by atoms with Crippen molar-refractivity contribution >= 4 is 11.9 Å². The van der Waals surface area contributed by atoms with Gasteiger partial charge < -0.3 is 10.0 Å². The summed E-state index contributed by atoms with van der Waals surface area (Å²) in [6.45, 7) is 1.47. The highest BCUT2D eigenvalue weighted by Crippen LogP contribution is 2.28. The summed E-state index contributed by atoms with van der Waals surface area (Å²) in [5, 5.41) is 9.38. The van der Waals surface area contributed by atoms with Crippen molar-refractivity contribution in [2.45, 2.75) is 25.2 Å². The minimum Gasteiger partial charge on any atom is -0.478 e. The average molecular weight is 400 g/mol. The number of carboxylic acids is 1. The zero-order chi connectivity index (χ0) is 20.9. The molecule has 152 valence electrons. The lowest BCUT2D eigenvalue weighted by Crippen LogP contribution is -2.32. The van der Waals surface area contributed by atoms with Gasteiger partial charge in [-0.1, -0.05) is 48.5 Å². The Morgan fingerprint density at radius 2 is 1.67 bits per heavy atom. The fourth-order valence-electron chi connectivity index (χ4n) is 4.11. The summed E-state index contributed by atoms with van der Waals surface area (Å²) in [5.41, 5.74) is 3.16. The van der Waals surface area contributed by atoms with E-state index in [0.717, 1.165) is 32.4 Å². The molecule has 30 heavy (non-hydrogen) atoms. The van der Waals surface area contributed by atoms with E-state index in [2.05, 4.69) is 29.2 Å². The van der Waals surface area contributed by atoms with E-state index in [1.807, 2.05) is 11.0 Å². The maximum Gasteiger partial charge on any atom is 0.336 e. The van der Waals surface area contributed by atoms with E-state index in [1.165, 1.54) is 5.56 Å². The number of amides is 1. The molecule has 1 fully saturated rings. The molecule has 1 atom stereocenters. The molecule has 2 heterocycles. The first-order chi connectivity index (χ1) is 14.6. The number of nitrogens with zero attached hydrogens (tertiary/aromatic N) is 2. The Bertz CT molecular complexity index is 1030. The highest BCUT2D eigenvalue weighted by Gasteiger charge is 2.23. The van der Waals surface area contributed by atoms with Crippen molar-refractivity contribution in [2.24, 2.45) is 0 Å². The summed E-state index contributed by atoms with van der Waals surface area (Å²) < 4.78 is 0. The van der Waals surface area contributed by atoms with Crippen LogP contribution in [-0.4, -0.2) is 40.0 Å². The second-order valence-electron chi connectivity index (χ2n) is 7.61. The van der Waals surface area contributed by atoms with Crippen molar-refractivity contribution < 1.29 is 14.7 Å². The lowest BCUT2D eigenvalue weighted by molar-refractivity contribution is 0.0696. The minimum absolute atomic E-state index is 0.0192. The molecule has 5 heteroatoms. The molecule has 0 bridgehead atoms. The van der Waals surface area contributed by atoms with Gasteiger partial charge in [0.2, 0.25) is 0 Å². The van der Waals surface area contributed by atoms with E-state index in [-0.39, 0.29) is 11.5 Å². The van der Waals surface area contributed by atoms with Gasteiger partial charge in [0.05, 0.1) is 16.8 Å². The van der Waals surface area contributed by atoms with Crippen LogP contribution in [-0.2, 0) is 0 Å². The number of likely N-dealkylation sites (tertiary alicyclic amines) is 1. The first-order valence-corrected chi connectivity index (χ1v) is 10.3. The summed E-state index contributed by atoms with van der Waals surface area (Å²) in [6, 6.07) is 20.7. The smallest absolute Gasteiger partial charge is 0.336 e. The summed E-state index contributed by atoms with van der Waals surface area (Å²) in [6.07, 6.45) is 4.56. The molecule has 1 aromatic heterocycles. The highest BCUT2D eigenvalue weighted by molar-refractivity contribution is 5.96. The van der Waals surface area contributed by atoms with Gasteiger partial charge in [0.25, 0.3) is 5.91 Å². The van der Waals surface area contributed by atoms with Crippen molar-refractivity contribution in [2.75, 3.05) is 13.1 Å². The topological polar surface area (TPSA) is 70.5 Å². The van der Waals surface area contributed by atoms with E-state index >= 15 is 0 Å². The molecule has 4 rings (SSSR count). The van der Waals surface area contributed by atoms with E-state index in [4.69, 9.17) is 0 Å². The average Bonchev–Trinajstić information content (AvgIpc) is 3.06. The molecule has 5 nitrogen and oxygen atoms in total. The van der Waals surface area contributed by atoms with Crippen molar-refractivity contribution in [3.05, 3.63) is 89.6 Å². The van der Waals surface area contributed by atoms with Crippen molar-refractivity contribution in [3.63, 3.8) is 0 Å². The first-order valence-electron chi connectivity index (χ1n) is 10.3. The minimum atomic E-state index is -0.995. The van der Waals surface area contributed by atoms with Crippen LogP contribution in [0.3, 0.4) is 0 Å². The molecule has 1 N–H and O–H groups in total. The van der Waals surface area contributed by atoms with Crippen molar-refractivity contribution in [1.82, 2.24) is 9.88 Å². The molecule has 0 unspecified atom stereocenters. The van der Waals surface area contributed by atoms with E-state index in [0.29, 0.717) is 22.7 Å². The molecule has 1 amide bonds. The molecule has 2 aromatic carbocycles. The summed E-state index contributed by atoms with van der Waals surface area (Å²) in [4.78, 5) is 30.8. The number of aromatic carboxylic acids is 1. The predicted octanol–water partition coefficient (Wildman–Crippen LogP) is 4.86. The van der Waals surface area contributed by atoms with Crippen LogP contribution in [0.15, 0.2) is 72.9 Å². The Morgan fingerprint density at radius 1 is 0.900 bits per heavy atom. The zero-order valence-electron chi connectivity index (χ0n) is 16.7. The van der Waals surface area contributed by atoms with Crippen LogP contribution in [0.4, 0.5) is 0 Å². The third kappa shape index (κ3) is 4.25. The van der Waals surface area contributed by atoms with E-state index < -0.39 is 5.97 Å². The van der Waals surface area contributed by atoms with Crippen LogP contribution < -0.4 is 0 Å². The van der Waals surface area contributed by atoms with Gasteiger partial charge in [-0.25, -0.2) is 4.79 Å². The Balaban J connectivity index is 1.47. The van der Waals surface area contributed by atoms with Gasteiger partial charge in [0, 0.05) is 24.8 Å². The van der Waals surface area contributed by atoms with Gasteiger partial charge in [-0.3, -0.25) is 9.78 Å². The fourth-order valence-corrected chi connectivity index (χ4v) is 4.11. The molecule has 1 aliphatic heterocycles. The molecule has 1 aliphatic rings. The maximum atomic E-state index is 13.0. The molecule has 1 saturated heterocycles. The van der Waals surface area contributed by atoms with Gasteiger partial charge in [-0.2, -0.15) is 0 Å². The SMILES string of the molecule is O=C(O)c1ccccc1-c1ccc(C(=O)N2CCC[C@H](c3ccccc3)CC2)cn1. The Hall–Kier alpha value is -3.47. The number of carbonyl (C=O) groups is 2. The molecule has 0 saturated carbocycles. The lowest BCUT2D eigenvalue weighted by atomic mass is 9.92. The molecular weight excluding hydrogens is 376 g/mol.